The van der Waals surface area contributed by atoms with Gasteiger partial charge >= 0.3 is 0 Å². The van der Waals surface area contributed by atoms with Gasteiger partial charge in [0.05, 0.1) is 0 Å². The average Bonchev–Trinajstić information content (AvgIpc) is 2.67. The Morgan fingerprint density at radius 2 is 1.58 bits per heavy atom. The van der Waals surface area contributed by atoms with Crippen molar-refractivity contribution in [2.75, 3.05) is 45.8 Å². The van der Waals surface area contributed by atoms with Gasteiger partial charge in [-0.15, -0.1) is 0 Å². The maximum Gasteiger partial charge on any atom is 0.0212 e. The Hall–Kier alpha value is -0.120. The second-order valence-electron chi connectivity index (χ2n) is 7.91. The van der Waals surface area contributed by atoms with Crippen LogP contribution in [0.5, 0.6) is 0 Å². The SMILES string of the molecule is CC(C)N1CC[C@H](CN2CC3(C2)CN(C(C)C)C3)C1. The lowest BCUT2D eigenvalue weighted by molar-refractivity contribution is -0.128. The van der Waals surface area contributed by atoms with Crippen molar-refractivity contribution in [3.05, 3.63) is 0 Å². The number of rotatable bonds is 4. The van der Waals surface area contributed by atoms with Gasteiger partial charge < -0.3 is 9.80 Å². The molecule has 0 unspecified atom stereocenters. The molecule has 3 rings (SSSR count). The van der Waals surface area contributed by atoms with Gasteiger partial charge in [-0.25, -0.2) is 0 Å². The Bertz CT molecular complexity index is 312. The molecule has 0 aromatic carbocycles. The minimum absolute atomic E-state index is 0.695. The van der Waals surface area contributed by atoms with E-state index in [-0.39, 0.29) is 0 Å². The zero-order chi connectivity index (χ0) is 13.6. The largest absolute Gasteiger partial charge is 0.302 e. The summed E-state index contributed by atoms with van der Waals surface area (Å²) in [6.07, 6.45) is 1.42. The predicted octanol–water partition coefficient (Wildman–Crippen LogP) is 1.74. The Morgan fingerprint density at radius 1 is 0.947 bits per heavy atom. The van der Waals surface area contributed by atoms with Gasteiger partial charge in [0, 0.05) is 56.8 Å². The van der Waals surface area contributed by atoms with Crippen LogP contribution in [0, 0.1) is 11.3 Å². The summed E-state index contributed by atoms with van der Waals surface area (Å²) >= 11 is 0. The van der Waals surface area contributed by atoms with Crippen molar-refractivity contribution in [2.24, 2.45) is 11.3 Å². The van der Waals surface area contributed by atoms with E-state index in [4.69, 9.17) is 0 Å². The summed E-state index contributed by atoms with van der Waals surface area (Å²) in [5.41, 5.74) is 0.695. The Kier molecular flexibility index (Phi) is 3.65. The molecule has 0 radical (unpaired) electrons. The van der Waals surface area contributed by atoms with E-state index in [0.717, 1.165) is 18.0 Å². The zero-order valence-electron chi connectivity index (χ0n) is 13.2. The Labute approximate surface area is 118 Å². The number of hydrogen-bond donors (Lipinski definition) is 0. The van der Waals surface area contributed by atoms with Gasteiger partial charge in [0.1, 0.15) is 0 Å². The van der Waals surface area contributed by atoms with Gasteiger partial charge in [-0.05, 0) is 46.6 Å². The van der Waals surface area contributed by atoms with Crippen LogP contribution >= 0.6 is 0 Å². The van der Waals surface area contributed by atoms with Crippen LogP contribution in [0.4, 0.5) is 0 Å². The van der Waals surface area contributed by atoms with E-state index in [2.05, 4.69) is 42.4 Å². The monoisotopic (exact) mass is 265 g/mol. The molecule has 3 nitrogen and oxygen atoms in total. The van der Waals surface area contributed by atoms with E-state index in [0.29, 0.717) is 5.41 Å². The van der Waals surface area contributed by atoms with Gasteiger partial charge in [-0.1, -0.05) is 0 Å². The summed E-state index contributed by atoms with van der Waals surface area (Å²) in [6.45, 7) is 18.8. The molecule has 3 heteroatoms. The number of likely N-dealkylation sites (tertiary alicyclic amines) is 3. The molecule has 3 aliphatic heterocycles. The van der Waals surface area contributed by atoms with Crippen molar-refractivity contribution >= 4 is 0 Å². The molecule has 0 aliphatic carbocycles. The Morgan fingerprint density at radius 3 is 2.11 bits per heavy atom. The lowest BCUT2D eigenvalue weighted by atomic mass is 9.72. The molecule has 3 aliphatic rings. The fourth-order valence-corrected chi connectivity index (χ4v) is 4.26. The quantitative estimate of drug-likeness (QED) is 0.767. The normalized spacial score (nSPS) is 32.2. The van der Waals surface area contributed by atoms with E-state index < -0.39 is 0 Å². The van der Waals surface area contributed by atoms with Crippen LogP contribution in [0.25, 0.3) is 0 Å². The first-order chi connectivity index (χ1) is 8.97. The van der Waals surface area contributed by atoms with Crippen LogP contribution in [0.1, 0.15) is 34.1 Å². The maximum absolute atomic E-state index is 2.71. The minimum Gasteiger partial charge on any atom is -0.302 e. The first-order valence-corrected chi connectivity index (χ1v) is 8.18. The van der Waals surface area contributed by atoms with E-state index in [1.165, 1.54) is 52.2 Å². The first-order valence-electron chi connectivity index (χ1n) is 8.18. The van der Waals surface area contributed by atoms with Crippen molar-refractivity contribution in [1.82, 2.24) is 14.7 Å². The maximum atomic E-state index is 2.71. The highest BCUT2D eigenvalue weighted by atomic mass is 15.3. The molecule has 19 heavy (non-hydrogen) atoms. The molecule has 1 spiro atoms. The molecule has 0 saturated carbocycles. The fraction of sp³-hybridized carbons (Fsp3) is 1.00. The summed E-state index contributed by atoms with van der Waals surface area (Å²) < 4.78 is 0. The summed E-state index contributed by atoms with van der Waals surface area (Å²) in [4.78, 5) is 7.98. The van der Waals surface area contributed by atoms with Gasteiger partial charge in [0.25, 0.3) is 0 Å². The van der Waals surface area contributed by atoms with Gasteiger partial charge in [0.2, 0.25) is 0 Å². The lowest BCUT2D eigenvalue weighted by Crippen LogP contribution is -2.73. The summed E-state index contributed by atoms with van der Waals surface area (Å²) in [7, 11) is 0. The standard InChI is InChI=1S/C16H31N3/c1-13(2)18-6-5-15(8-18)7-17-9-16(10-17)11-19(12-16)14(3)4/h13-15H,5-12H2,1-4H3/t15-/m1/s1. The summed E-state index contributed by atoms with van der Waals surface area (Å²) in [5, 5.41) is 0. The first kappa shape index (κ1) is 13.8. The summed E-state index contributed by atoms with van der Waals surface area (Å²) in [6, 6.07) is 1.48. The molecule has 3 saturated heterocycles. The van der Waals surface area contributed by atoms with Gasteiger partial charge in [-0.3, -0.25) is 4.90 Å². The highest BCUT2D eigenvalue weighted by molar-refractivity contribution is 5.06. The van der Waals surface area contributed by atoms with E-state index in [9.17, 15) is 0 Å². The second kappa shape index (κ2) is 5.01. The molecule has 3 heterocycles. The van der Waals surface area contributed by atoms with Crippen LogP contribution in [0.15, 0.2) is 0 Å². The van der Waals surface area contributed by atoms with Crippen molar-refractivity contribution < 1.29 is 0 Å². The van der Waals surface area contributed by atoms with Crippen LogP contribution in [0.2, 0.25) is 0 Å². The molecule has 110 valence electrons. The smallest absolute Gasteiger partial charge is 0.0212 e. The topological polar surface area (TPSA) is 9.72 Å². The molecule has 1 atom stereocenters. The minimum atomic E-state index is 0.695. The second-order valence-corrected chi connectivity index (χ2v) is 7.91. The highest BCUT2D eigenvalue weighted by Gasteiger charge is 2.52. The zero-order valence-corrected chi connectivity index (χ0v) is 13.2. The molecule has 0 N–H and O–H groups in total. The average molecular weight is 265 g/mol. The van der Waals surface area contributed by atoms with E-state index >= 15 is 0 Å². The van der Waals surface area contributed by atoms with Crippen molar-refractivity contribution in [2.45, 2.75) is 46.2 Å². The lowest BCUT2D eigenvalue weighted by Gasteiger charge is -2.62. The van der Waals surface area contributed by atoms with Gasteiger partial charge in [0.15, 0.2) is 0 Å². The molecule has 0 aromatic rings. The third kappa shape index (κ3) is 2.70. The van der Waals surface area contributed by atoms with Crippen LogP contribution in [0.3, 0.4) is 0 Å². The predicted molar refractivity (Wildman–Crippen MR) is 80.4 cm³/mol. The molecular weight excluding hydrogens is 234 g/mol. The molecule has 0 aromatic heterocycles. The van der Waals surface area contributed by atoms with E-state index in [1.807, 2.05) is 0 Å². The van der Waals surface area contributed by atoms with Crippen molar-refractivity contribution in [3.63, 3.8) is 0 Å². The summed E-state index contributed by atoms with van der Waals surface area (Å²) in [5.74, 6) is 0.932. The Balaban J connectivity index is 1.37. The van der Waals surface area contributed by atoms with Crippen molar-refractivity contribution in [1.29, 1.82) is 0 Å². The van der Waals surface area contributed by atoms with Gasteiger partial charge in [-0.2, -0.15) is 0 Å². The molecule has 3 fully saturated rings. The fourth-order valence-electron chi connectivity index (χ4n) is 4.26. The number of nitrogens with zero attached hydrogens (tertiary/aromatic N) is 3. The van der Waals surface area contributed by atoms with Crippen molar-refractivity contribution in [3.8, 4) is 0 Å². The number of hydrogen-bond acceptors (Lipinski definition) is 3. The van der Waals surface area contributed by atoms with Crippen LogP contribution in [-0.4, -0.2) is 72.6 Å². The van der Waals surface area contributed by atoms with Crippen LogP contribution in [-0.2, 0) is 0 Å². The molecule has 0 bridgehead atoms. The molecular formula is C16H31N3. The van der Waals surface area contributed by atoms with E-state index in [1.54, 1.807) is 0 Å². The van der Waals surface area contributed by atoms with Crippen LogP contribution < -0.4 is 0 Å². The third-order valence-electron chi connectivity index (χ3n) is 5.49. The molecule has 0 amide bonds. The third-order valence-corrected chi connectivity index (χ3v) is 5.49. The highest BCUT2D eigenvalue weighted by Crippen LogP contribution is 2.41.